The van der Waals surface area contributed by atoms with Crippen molar-refractivity contribution in [1.82, 2.24) is 9.88 Å². The second kappa shape index (κ2) is 5.57. The molecule has 3 nitrogen and oxygen atoms in total. The summed E-state index contributed by atoms with van der Waals surface area (Å²) in [5.41, 5.74) is 1.41. The number of aromatic amines is 1. The normalized spacial score (nSPS) is 12.2. The Bertz CT molecular complexity index is 579. The van der Waals surface area contributed by atoms with Gasteiger partial charge in [0.15, 0.2) is 0 Å². The van der Waals surface area contributed by atoms with E-state index in [1.165, 1.54) is 12.1 Å². The van der Waals surface area contributed by atoms with Gasteiger partial charge in [0.05, 0.1) is 6.04 Å². The summed E-state index contributed by atoms with van der Waals surface area (Å²) >= 11 is 3.30. The van der Waals surface area contributed by atoms with E-state index in [9.17, 15) is 9.18 Å². The van der Waals surface area contributed by atoms with Crippen molar-refractivity contribution < 1.29 is 9.18 Å². The summed E-state index contributed by atoms with van der Waals surface area (Å²) in [5.74, 6) is -0.388. The number of hydrogen-bond donors (Lipinski definition) is 1. The Morgan fingerprint density at radius 1 is 1.37 bits per heavy atom. The second-order valence-electron chi connectivity index (χ2n) is 4.38. The fourth-order valence-electron chi connectivity index (χ4n) is 1.82. The number of benzene rings is 1. The zero-order chi connectivity index (χ0) is 14.0. The van der Waals surface area contributed by atoms with E-state index in [-0.39, 0.29) is 17.8 Å². The van der Waals surface area contributed by atoms with Gasteiger partial charge in [-0.2, -0.15) is 0 Å². The first-order valence-electron chi connectivity index (χ1n) is 5.85. The maximum absolute atomic E-state index is 12.9. The number of nitrogens with one attached hydrogen (secondary N) is 1. The Morgan fingerprint density at radius 3 is 2.53 bits per heavy atom. The fraction of sp³-hybridized carbons (Fsp3) is 0.214. The number of rotatable bonds is 3. The van der Waals surface area contributed by atoms with E-state index in [1.54, 1.807) is 36.3 Å². The van der Waals surface area contributed by atoms with Gasteiger partial charge >= 0.3 is 0 Å². The standard InChI is InChI=1S/C14H14BrFN2O/c1-9(10-3-5-12(16)6-4-10)18(2)14(19)13-7-11(15)8-17-13/h3-9,17H,1-2H3. The lowest BCUT2D eigenvalue weighted by atomic mass is 10.1. The largest absolute Gasteiger partial charge is 0.356 e. The second-order valence-corrected chi connectivity index (χ2v) is 5.29. The van der Waals surface area contributed by atoms with Gasteiger partial charge in [0.2, 0.25) is 0 Å². The molecular formula is C14H14BrFN2O. The molecule has 1 atom stereocenters. The van der Waals surface area contributed by atoms with Gasteiger partial charge in [-0.1, -0.05) is 12.1 Å². The first kappa shape index (κ1) is 13.8. The number of carbonyl (C=O) groups is 1. The van der Waals surface area contributed by atoms with Crippen molar-refractivity contribution >= 4 is 21.8 Å². The molecule has 0 bridgehead atoms. The summed E-state index contributed by atoms with van der Waals surface area (Å²) in [6, 6.07) is 7.78. The van der Waals surface area contributed by atoms with Crippen LogP contribution in [0.2, 0.25) is 0 Å². The molecule has 0 spiro atoms. The highest BCUT2D eigenvalue weighted by Crippen LogP contribution is 2.21. The molecule has 2 aromatic rings. The van der Waals surface area contributed by atoms with Crippen LogP contribution in [0.4, 0.5) is 4.39 Å². The molecule has 2 rings (SSSR count). The SMILES string of the molecule is CC(c1ccc(F)cc1)N(C)C(=O)c1cc(Br)c[nH]1. The Morgan fingerprint density at radius 2 is 2.00 bits per heavy atom. The minimum atomic E-state index is -0.279. The van der Waals surface area contributed by atoms with Crippen LogP contribution in [0.15, 0.2) is 41.0 Å². The highest BCUT2D eigenvalue weighted by Gasteiger charge is 2.19. The molecule has 5 heteroatoms. The van der Waals surface area contributed by atoms with Gasteiger partial charge < -0.3 is 9.88 Å². The molecule has 1 heterocycles. The van der Waals surface area contributed by atoms with E-state index in [2.05, 4.69) is 20.9 Å². The molecule has 100 valence electrons. The summed E-state index contributed by atoms with van der Waals surface area (Å²) in [6.45, 7) is 1.91. The van der Waals surface area contributed by atoms with Crippen LogP contribution in [0.5, 0.6) is 0 Å². The predicted molar refractivity (Wildman–Crippen MR) is 75.4 cm³/mol. The van der Waals surface area contributed by atoms with Crippen LogP contribution in [-0.2, 0) is 0 Å². The first-order valence-corrected chi connectivity index (χ1v) is 6.65. The monoisotopic (exact) mass is 324 g/mol. The fourth-order valence-corrected chi connectivity index (χ4v) is 2.17. The molecule has 0 aliphatic heterocycles. The zero-order valence-electron chi connectivity index (χ0n) is 10.7. The molecule has 1 unspecified atom stereocenters. The number of nitrogens with zero attached hydrogens (tertiary/aromatic N) is 1. The number of hydrogen-bond acceptors (Lipinski definition) is 1. The molecule has 19 heavy (non-hydrogen) atoms. The van der Waals surface area contributed by atoms with Crippen molar-refractivity contribution in [2.75, 3.05) is 7.05 Å². The first-order chi connectivity index (χ1) is 8.99. The van der Waals surface area contributed by atoms with E-state index < -0.39 is 0 Å². The van der Waals surface area contributed by atoms with Crippen LogP contribution in [0.1, 0.15) is 29.0 Å². The summed E-state index contributed by atoms with van der Waals surface area (Å²) < 4.78 is 13.7. The number of carbonyl (C=O) groups excluding carboxylic acids is 1. The summed E-state index contributed by atoms with van der Waals surface area (Å²) in [7, 11) is 1.73. The molecule has 1 amide bonds. The van der Waals surface area contributed by atoms with Gasteiger partial charge in [0.1, 0.15) is 11.5 Å². The Labute approximate surface area is 119 Å². The summed E-state index contributed by atoms with van der Waals surface area (Å²) in [6.07, 6.45) is 1.71. The molecule has 0 saturated carbocycles. The van der Waals surface area contributed by atoms with E-state index in [0.717, 1.165) is 10.0 Å². The quantitative estimate of drug-likeness (QED) is 0.917. The van der Waals surface area contributed by atoms with Crippen molar-refractivity contribution in [3.05, 3.63) is 58.1 Å². The highest BCUT2D eigenvalue weighted by molar-refractivity contribution is 9.10. The van der Waals surface area contributed by atoms with Crippen molar-refractivity contribution in [2.45, 2.75) is 13.0 Å². The lowest BCUT2D eigenvalue weighted by Gasteiger charge is -2.24. The molecule has 1 N–H and O–H groups in total. The van der Waals surface area contributed by atoms with Gasteiger partial charge in [-0.25, -0.2) is 4.39 Å². The molecule has 1 aromatic heterocycles. The molecular weight excluding hydrogens is 311 g/mol. The van der Waals surface area contributed by atoms with Crippen LogP contribution < -0.4 is 0 Å². The highest BCUT2D eigenvalue weighted by atomic mass is 79.9. The van der Waals surface area contributed by atoms with Gasteiger partial charge in [-0.05, 0) is 46.6 Å². The van der Waals surface area contributed by atoms with E-state index in [1.807, 2.05) is 6.92 Å². The third-order valence-electron chi connectivity index (χ3n) is 3.13. The molecule has 0 aliphatic rings. The molecule has 0 fully saturated rings. The predicted octanol–water partition coefficient (Wildman–Crippen LogP) is 3.75. The number of H-pyrrole nitrogens is 1. The maximum Gasteiger partial charge on any atom is 0.270 e. The Balaban J connectivity index is 2.16. The van der Waals surface area contributed by atoms with E-state index in [0.29, 0.717) is 5.69 Å². The maximum atomic E-state index is 12.9. The molecule has 0 radical (unpaired) electrons. The van der Waals surface area contributed by atoms with Crippen LogP contribution in [0, 0.1) is 5.82 Å². The lowest BCUT2D eigenvalue weighted by molar-refractivity contribution is 0.0737. The third kappa shape index (κ3) is 3.04. The minimum absolute atomic E-state index is 0.109. The zero-order valence-corrected chi connectivity index (χ0v) is 12.2. The van der Waals surface area contributed by atoms with Crippen molar-refractivity contribution in [3.8, 4) is 0 Å². The minimum Gasteiger partial charge on any atom is -0.356 e. The third-order valence-corrected chi connectivity index (χ3v) is 3.59. The Hall–Kier alpha value is -1.62. The van der Waals surface area contributed by atoms with E-state index >= 15 is 0 Å². The molecule has 0 aliphatic carbocycles. The average Bonchev–Trinajstić information content (AvgIpc) is 2.84. The van der Waals surface area contributed by atoms with Crippen molar-refractivity contribution in [1.29, 1.82) is 0 Å². The van der Waals surface area contributed by atoms with Crippen LogP contribution in [0.3, 0.4) is 0 Å². The number of amides is 1. The van der Waals surface area contributed by atoms with Crippen molar-refractivity contribution in [2.24, 2.45) is 0 Å². The van der Waals surface area contributed by atoms with Crippen LogP contribution >= 0.6 is 15.9 Å². The van der Waals surface area contributed by atoms with Gasteiger partial charge in [0.25, 0.3) is 5.91 Å². The molecule has 1 aromatic carbocycles. The van der Waals surface area contributed by atoms with E-state index in [4.69, 9.17) is 0 Å². The lowest BCUT2D eigenvalue weighted by Crippen LogP contribution is -2.29. The van der Waals surface area contributed by atoms with Crippen LogP contribution in [0.25, 0.3) is 0 Å². The number of halogens is 2. The molecule has 0 saturated heterocycles. The average molecular weight is 325 g/mol. The van der Waals surface area contributed by atoms with Crippen molar-refractivity contribution in [3.63, 3.8) is 0 Å². The summed E-state index contributed by atoms with van der Waals surface area (Å²) in [5, 5.41) is 0. The van der Waals surface area contributed by atoms with Crippen LogP contribution in [-0.4, -0.2) is 22.8 Å². The van der Waals surface area contributed by atoms with Gasteiger partial charge in [-0.3, -0.25) is 4.79 Å². The van der Waals surface area contributed by atoms with Gasteiger partial charge in [0, 0.05) is 17.7 Å². The Kier molecular flexibility index (Phi) is 4.04. The number of aromatic nitrogens is 1. The smallest absolute Gasteiger partial charge is 0.270 e. The topological polar surface area (TPSA) is 36.1 Å². The summed E-state index contributed by atoms with van der Waals surface area (Å²) in [4.78, 5) is 16.8. The van der Waals surface area contributed by atoms with Gasteiger partial charge in [-0.15, -0.1) is 0 Å².